The Balaban J connectivity index is 1.09. The summed E-state index contributed by atoms with van der Waals surface area (Å²) in [6.45, 7) is 6.87. The fourth-order valence-corrected chi connectivity index (χ4v) is 6.70. The van der Waals surface area contributed by atoms with Crippen LogP contribution >= 0.6 is 0 Å². The van der Waals surface area contributed by atoms with Gasteiger partial charge in [0.25, 0.3) is 5.91 Å². The highest BCUT2D eigenvalue weighted by molar-refractivity contribution is 5.85. The van der Waals surface area contributed by atoms with E-state index in [1.165, 1.54) is 4.90 Å². The fourth-order valence-electron chi connectivity index (χ4n) is 6.70. The molecule has 1 unspecified atom stereocenters. The quantitative estimate of drug-likeness (QED) is 0.347. The number of nitrogens with zero attached hydrogens (tertiary/aromatic N) is 5. The van der Waals surface area contributed by atoms with E-state index < -0.39 is 11.7 Å². The predicted molar refractivity (Wildman–Crippen MR) is 174 cm³/mol. The number of ether oxygens (including phenoxy) is 1. The molecule has 46 heavy (non-hydrogen) atoms. The normalized spacial score (nSPS) is 19.0. The average molecular weight is 629 g/mol. The van der Waals surface area contributed by atoms with Crippen LogP contribution in [0.25, 0.3) is 11.1 Å². The second-order valence-electron chi connectivity index (χ2n) is 13.2. The molecule has 244 valence electrons. The number of H-pyrrole nitrogens is 1. The number of carbonyl (C=O) groups excluding carboxylic acids is 2. The zero-order chi connectivity index (χ0) is 32.3. The van der Waals surface area contributed by atoms with Gasteiger partial charge in [-0.05, 0) is 69.2 Å². The zero-order valence-corrected chi connectivity index (χ0v) is 26.7. The van der Waals surface area contributed by atoms with Crippen LogP contribution in [0, 0.1) is 5.92 Å². The number of aromatic nitrogens is 2. The minimum absolute atomic E-state index is 0.0911. The van der Waals surface area contributed by atoms with E-state index in [0.717, 1.165) is 61.0 Å². The molecule has 3 fully saturated rings. The van der Waals surface area contributed by atoms with Crippen LogP contribution in [0.2, 0.25) is 0 Å². The maximum atomic E-state index is 14.1. The Bertz CT molecular complexity index is 1510. The van der Waals surface area contributed by atoms with Crippen LogP contribution in [0.15, 0.2) is 60.9 Å². The van der Waals surface area contributed by atoms with Crippen molar-refractivity contribution in [1.82, 2.24) is 24.9 Å². The van der Waals surface area contributed by atoms with Gasteiger partial charge in [0.05, 0.1) is 12.1 Å². The monoisotopic (exact) mass is 628 g/mol. The largest absolute Gasteiger partial charge is 0.478 e. The summed E-state index contributed by atoms with van der Waals surface area (Å²) in [5.41, 5.74) is 3.12. The number of anilines is 1. The number of benzene rings is 2. The maximum absolute atomic E-state index is 14.1. The van der Waals surface area contributed by atoms with Crippen molar-refractivity contribution < 1.29 is 24.2 Å². The van der Waals surface area contributed by atoms with E-state index >= 15 is 0 Å². The molecule has 3 amide bonds. The topological polar surface area (TPSA) is 122 Å². The molecule has 1 saturated carbocycles. The molecule has 3 aromatic rings. The molecule has 0 bridgehead atoms. The van der Waals surface area contributed by atoms with Gasteiger partial charge in [0, 0.05) is 75.4 Å². The second kappa shape index (κ2) is 13.4. The number of hydrogen-bond donors (Lipinski definition) is 2. The number of nitrogens with one attached hydrogen (secondary N) is 1. The molecule has 6 rings (SSSR count). The molecule has 3 aliphatic rings. The first-order valence-corrected chi connectivity index (χ1v) is 16.4. The minimum Gasteiger partial charge on any atom is -0.478 e. The van der Waals surface area contributed by atoms with Crippen LogP contribution in [-0.2, 0) is 16.1 Å². The van der Waals surface area contributed by atoms with E-state index in [4.69, 9.17) is 4.74 Å². The highest BCUT2D eigenvalue weighted by Crippen LogP contribution is 2.33. The lowest BCUT2D eigenvalue weighted by atomic mass is 9.88. The molecule has 1 atom stereocenters. The zero-order valence-electron chi connectivity index (χ0n) is 26.7. The summed E-state index contributed by atoms with van der Waals surface area (Å²) in [5.74, 6) is 0.560. The first-order valence-electron chi connectivity index (χ1n) is 16.4. The Morgan fingerprint density at radius 1 is 0.957 bits per heavy atom. The lowest BCUT2D eigenvalue weighted by Crippen LogP contribution is -2.56. The predicted octanol–water partition coefficient (Wildman–Crippen LogP) is 4.85. The molecule has 11 nitrogen and oxygen atoms in total. The molecule has 11 heteroatoms. The lowest BCUT2D eigenvalue weighted by Gasteiger charge is -2.42. The molecule has 2 aliphatic heterocycles. The van der Waals surface area contributed by atoms with Crippen molar-refractivity contribution in [2.45, 2.75) is 64.1 Å². The van der Waals surface area contributed by atoms with Crippen LogP contribution in [0.3, 0.4) is 0 Å². The molecule has 1 aromatic heterocycles. The third-order valence-corrected chi connectivity index (χ3v) is 9.62. The van der Waals surface area contributed by atoms with E-state index in [2.05, 4.69) is 44.3 Å². The van der Waals surface area contributed by atoms with Gasteiger partial charge in [-0.25, -0.2) is 4.79 Å². The van der Waals surface area contributed by atoms with Gasteiger partial charge < -0.3 is 29.4 Å². The van der Waals surface area contributed by atoms with Gasteiger partial charge in [-0.15, -0.1) is 0 Å². The van der Waals surface area contributed by atoms with Crippen molar-refractivity contribution in [3.63, 3.8) is 0 Å². The molecule has 2 aromatic carbocycles. The number of hydrogen-bond acceptors (Lipinski definition) is 6. The second-order valence-corrected chi connectivity index (χ2v) is 13.2. The SMILES string of the molecule is CC(C)(Oc1cccc(N2CCCC(C(=O)N(Cc3ccc(-c4cn[nH]c4)cc3)C3CCC3)C2)c1)C(=O)N1CCN(C(=O)O)CC1. The van der Waals surface area contributed by atoms with Gasteiger partial charge in [0.2, 0.25) is 5.91 Å². The summed E-state index contributed by atoms with van der Waals surface area (Å²) >= 11 is 0. The molecule has 0 spiro atoms. The van der Waals surface area contributed by atoms with E-state index in [0.29, 0.717) is 38.0 Å². The summed E-state index contributed by atoms with van der Waals surface area (Å²) in [6.07, 6.45) is 7.78. The summed E-state index contributed by atoms with van der Waals surface area (Å²) in [4.78, 5) is 46.1. The van der Waals surface area contributed by atoms with Gasteiger partial charge in [-0.3, -0.25) is 14.7 Å². The first kappa shape index (κ1) is 31.4. The van der Waals surface area contributed by atoms with Crippen molar-refractivity contribution in [3.8, 4) is 16.9 Å². The Morgan fingerprint density at radius 2 is 1.70 bits per heavy atom. The van der Waals surface area contributed by atoms with Gasteiger partial charge in [-0.1, -0.05) is 30.3 Å². The van der Waals surface area contributed by atoms with Crippen molar-refractivity contribution >= 4 is 23.6 Å². The molecular formula is C35H44N6O5. The molecule has 2 N–H and O–H groups in total. The van der Waals surface area contributed by atoms with Crippen LogP contribution in [0.4, 0.5) is 10.5 Å². The maximum Gasteiger partial charge on any atom is 0.407 e. The van der Waals surface area contributed by atoms with Crippen molar-refractivity contribution in [1.29, 1.82) is 0 Å². The van der Waals surface area contributed by atoms with Crippen LogP contribution < -0.4 is 9.64 Å². The number of aromatic amines is 1. The van der Waals surface area contributed by atoms with Crippen LogP contribution in [0.5, 0.6) is 5.75 Å². The number of carbonyl (C=O) groups is 3. The smallest absolute Gasteiger partial charge is 0.407 e. The van der Waals surface area contributed by atoms with Crippen LogP contribution in [-0.4, -0.2) is 98.8 Å². The Labute approximate surface area is 270 Å². The van der Waals surface area contributed by atoms with Gasteiger partial charge >= 0.3 is 6.09 Å². The molecule has 1 aliphatic carbocycles. The highest BCUT2D eigenvalue weighted by atomic mass is 16.5. The fraction of sp³-hybridized carbons (Fsp3) is 0.486. The number of piperidine rings is 1. The lowest BCUT2D eigenvalue weighted by molar-refractivity contribution is -0.147. The molecule has 2 saturated heterocycles. The standard InChI is InChI=1S/C35H44N6O5/c1-35(2,33(43)38-16-18-39(19-17-38)34(44)45)46-31-10-4-9-30(20-31)40-15-5-6-27(24-40)32(42)41(29-7-3-8-29)23-25-11-13-26(14-12-25)28-21-36-37-22-28/h4,9-14,20-22,27,29H,3,5-8,15-19,23-24H2,1-2H3,(H,36,37)(H,44,45). The van der Waals surface area contributed by atoms with E-state index in [9.17, 15) is 19.5 Å². The third-order valence-electron chi connectivity index (χ3n) is 9.62. The summed E-state index contributed by atoms with van der Waals surface area (Å²) < 4.78 is 6.26. The van der Waals surface area contributed by atoms with E-state index in [-0.39, 0.29) is 30.8 Å². The first-order chi connectivity index (χ1) is 22.2. The Kier molecular flexibility index (Phi) is 9.19. The Morgan fingerprint density at radius 3 is 2.35 bits per heavy atom. The Hall–Kier alpha value is -4.54. The van der Waals surface area contributed by atoms with Gasteiger partial charge in [-0.2, -0.15) is 5.10 Å². The van der Waals surface area contributed by atoms with E-state index in [1.54, 1.807) is 18.7 Å². The van der Waals surface area contributed by atoms with Gasteiger partial charge in [0.1, 0.15) is 5.75 Å². The summed E-state index contributed by atoms with van der Waals surface area (Å²) in [5, 5.41) is 16.1. The minimum atomic E-state index is -1.12. The van der Waals surface area contributed by atoms with Crippen molar-refractivity contribution in [2.75, 3.05) is 44.2 Å². The third kappa shape index (κ3) is 6.98. The molecule has 3 heterocycles. The van der Waals surface area contributed by atoms with E-state index in [1.807, 2.05) is 36.7 Å². The molecule has 0 radical (unpaired) electrons. The summed E-state index contributed by atoms with van der Waals surface area (Å²) in [7, 11) is 0. The average Bonchev–Trinajstić information content (AvgIpc) is 3.59. The number of rotatable bonds is 9. The molecular weight excluding hydrogens is 584 g/mol. The number of carboxylic acid groups (broad SMARTS) is 1. The van der Waals surface area contributed by atoms with Crippen LogP contribution in [0.1, 0.15) is 51.5 Å². The number of piperazine rings is 1. The summed E-state index contributed by atoms with van der Waals surface area (Å²) in [6, 6.07) is 16.5. The van der Waals surface area contributed by atoms with Crippen molar-refractivity contribution in [2.24, 2.45) is 5.92 Å². The van der Waals surface area contributed by atoms with Gasteiger partial charge in [0.15, 0.2) is 5.60 Å². The number of amides is 3. The highest BCUT2D eigenvalue weighted by Gasteiger charge is 2.37. The van der Waals surface area contributed by atoms with Crippen molar-refractivity contribution in [3.05, 3.63) is 66.5 Å².